The number of amides is 1. The summed E-state index contributed by atoms with van der Waals surface area (Å²) in [7, 11) is -3.75. The third-order valence-corrected chi connectivity index (χ3v) is 9.03. The van der Waals surface area contributed by atoms with Crippen molar-refractivity contribution in [3.05, 3.63) is 71.4 Å². The van der Waals surface area contributed by atoms with Gasteiger partial charge in [-0.25, -0.2) is 13.9 Å². The molecule has 1 atom stereocenters. The van der Waals surface area contributed by atoms with Gasteiger partial charge in [-0.1, -0.05) is 24.0 Å². The highest BCUT2D eigenvalue weighted by Gasteiger charge is 2.44. The van der Waals surface area contributed by atoms with E-state index in [9.17, 15) is 18.3 Å². The van der Waals surface area contributed by atoms with E-state index in [0.29, 0.717) is 0 Å². The summed E-state index contributed by atoms with van der Waals surface area (Å²) >= 11 is 0. The molecule has 1 amide bonds. The van der Waals surface area contributed by atoms with Gasteiger partial charge in [0, 0.05) is 46.4 Å². The zero-order valence-electron chi connectivity index (χ0n) is 19.2. The van der Waals surface area contributed by atoms with Gasteiger partial charge in [0.2, 0.25) is 0 Å². The molecule has 7 nitrogen and oxygen atoms in total. The fourth-order valence-electron chi connectivity index (χ4n) is 4.13. The van der Waals surface area contributed by atoms with Gasteiger partial charge in [0.15, 0.2) is 14.6 Å². The second-order valence-corrected chi connectivity index (χ2v) is 11.7. The van der Waals surface area contributed by atoms with Crippen LogP contribution in [-0.2, 0) is 26.6 Å². The number of benzene rings is 2. The number of hydrogen-bond donors (Lipinski definition) is 3. The SMILES string of the molecule is C[C@@](CCn1ccc2cc(C#Cc3ccc(C4(CO)CC4)cc3)ccc21)(C(=O)NO)S(C)(=O)=O. The van der Waals surface area contributed by atoms with Crippen molar-refractivity contribution in [2.45, 2.75) is 42.9 Å². The number of carbonyl (C=O) groups is 1. The van der Waals surface area contributed by atoms with Gasteiger partial charge in [0.25, 0.3) is 5.91 Å². The lowest BCUT2D eigenvalue weighted by molar-refractivity contribution is -0.131. The number of rotatable bonds is 7. The van der Waals surface area contributed by atoms with E-state index in [-0.39, 0.29) is 25.0 Å². The molecule has 2 aromatic carbocycles. The van der Waals surface area contributed by atoms with Crippen molar-refractivity contribution in [3.63, 3.8) is 0 Å². The molecule has 1 aromatic heterocycles. The van der Waals surface area contributed by atoms with Crippen LogP contribution in [0.4, 0.5) is 0 Å². The van der Waals surface area contributed by atoms with Crippen molar-refractivity contribution < 1.29 is 23.5 Å². The first-order valence-electron chi connectivity index (χ1n) is 11.1. The Labute approximate surface area is 199 Å². The third-order valence-electron chi connectivity index (χ3n) is 7.01. The molecule has 4 rings (SSSR count). The number of nitrogens with zero attached hydrogens (tertiary/aromatic N) is 1. The number of aliphatic hydroxyl groups excluding tert-OH is 1. The van der Waals surface area contributed by atoms with Crippen molar-refractivity contribution in [3.8, 4) is 11.8 Å². The fraction of sp³-hybridized carbons (Fsp3) is 0.346. The van der Waals surface area contributed by atoms with Gasteiger partial charge in [-0.3, -0.25) is 10.0 Å². The van der Waals surface area contributed by atoms with Gasteiger partial charge in [0.05, 0.1) is 6.61 Å². The molecule has 0 unspecified atom stereocenters. The van der Waals surface area contributed by atoms with Gasteiger partial charge >= 0.3 is 0 Å². The smallest absolute Gasteiger partial charge is 0.264 e. The van der Waals surface area contributed by atoms with Crippen LogP contribution in [0.3, 0.4) is 0 Å². The molecule has 1 heterocycles. The van der Waals surface area contributed by atoms with E-state index >= 15 is 0 Å². The molecule has 1 saturated carbocycles. The minimum atomic E-state index is -3.75. The maximum Gasteiger partial charge on any atom is 0.264 e. The predicted molar refractivity (Wildman–Crippen MR) is 130 cm³/mol. The predicted octanol–water partition coefficient (Wildman–Crippen LogP) is 2.76. The first kappa shape index (κ1) is 24.0. The quantitative estimate of drug-likeness (QED) is 0.274. The Hall–Kier alpha value is -3.12. The van der Waals surface area contributed by atoms with Crippen LogP contribution in [0.15, 0.2) is 54.7 Å². The first-order chi connectivity index (χ1) is 16.1. The highest BCUT2D eigenvalue weighted by molar-refractivity contribution is 7.92. The fourth-order valence-corrected chi connectivity index (χ4v) is 4.98. The maximum absolute atomic E-state index is 12.2. The molecule has 0 aliphatic heterocycles. The summed E-state index contributed by atoms with van der Waals surface area (Å²) in [6.07, 6.45) is 4.89. The average molecular weight is 481 g/mol. The Kier molecular flexibility index (Phi) is 6.30. The third kappa shape index (κ3) is 4.47. The van der Waals surface area contributed by atoms with Crippen LogP contribution < -0.4 is 5.48 Å². The van der Waals surface area contributed by atoms with E-state index in [4.69, 9.17) is 5.21 Å². The Morgan fingerprint density at radius 2 is 1.76 bits per heavy atom. The van der Waals surface area contributed by atoms with Gasteiger partial charge in [0.1, 0.15) is 0 Å². The number of aromatic nitrogens is 1. The van der Waals surface area contributed by atoms with Gasteiger partial charge in [-0.2, -0.15) is 0 Å². The lowest BCUT2D eigenvalue weighted by Gasteiger charge is -2.25. The summed E-state index contributed by atoms with van der Waals surface area (Å²) in [5.74, 6) is 5.41. The molecule has 1 aliphatic carbocycles. The average Bonchev–Trinajstić information content (AvgIpc) is 3.53. The molecule has 178 valence electrons. The van der Waals surface area contributed by atoms with Crippen LogP contribution in [0.5, 0.6) is 0 Å². The van der Waals surface area contributed by atoms with Crippen molar-refractivity contribution in [2.75, 3.05) is 12.9 Å². The number of aliphatic hydroxyl groups is 1. The number of hydroxylamine groups is 1. The second kappa shape index (κ2) is 8.91. The van der Waals surface area contributed by atoms with Crippen LogP contribution in [0, 0.1) is 11.8 Å². The lowest BCUT2D eigenvalue weighted by atomic mass is 9.96. The monoisotopic (exact) mass is 480 g/mol. The molecular weight excluding hydrogens is 452 g/mol. The summed E-state index contributed by atoms with van der Waals surface area (Å²) in [6, 6.07) is 15.8. The van der Waals surface area contributed by atoms with Crippen molar-refractivity contribution >= 4 is 26.6 Å². The zero-order chi connectivity index (χ0) is 24.6. The van der Waals surface area contributed by atoms with Crippen LogP contribution in [0.1, 0.15) is 42.9 Å². The number of fused-ring (bicyclic) bond motifs is 1. The minimum Gasteiger partial charge on any atom is -0.395 e. The largest absolute Gasteiger partial charge is 0.395 e. The normalized spacial score (nSPS) is 16.4. The Morgan fingerprint density at radius 3 is 2.35 bits per heavy atom. The minimum absolute atomic E-state index is 0.0110. The number of nitrogens with one attached hydrogen (secondary N) is 1. The van der Waals surface area contributed by atoms with E-state index in [1.54, 1.807) is 0 Å². The van der Waals surface area contributed by atoms with E-state index in [0.717, 1.165) is 46.7 Å². The summed E-state index contributed by atoms with van der Waals surface area (Å²) in [4.78, 5) is 12.0. The second-order valence-electron chi connectivity index (χ2n) is 9.24. The van der Waals surface area contributed by atoms with Crippen molar-refractivity contribution in [1.82, 2.24) is 10.0 Å². The number of hydrogen-bond acceptors (Lipinski definition) is 5. The molecule has 0 spiro atoms. The molecule has 0 radical (unpaired) electrons. The lowest BCUT2D eigenvalue weighted by Crippen LogP contribution is -2.49. The molecule has 34 heavy (non-hydrogen) atoms. The standard InChI is InChI=1S/C26H28N2O5S/c1-25(24(30)27-31,34(2,32)33)14-16-28-15-11-21-17-20(7-10-23(21)28)4-3-19-5-8-22(9-6-19)26(18-29)12-13-26/h5-11,15,17,29,31H,12-14,16,18H2,1-2H3,(H,27,30)/t25-/m1/s1. The topological polar surface area (TPSA) is 109 Å². The Morgan fingerprint density at radius 1 is 1.12 bits per heavy atom. The summed E-state index contributed by atoms with van der Waals surface area (Å²) in [5.41, 5.74) is 5.23. The first-order valence-corrected chi connectivity index (χ1v) is 13.0. The van der Waals surface area contributed by atoms with E-state index < -0.39 is 20.5 Å². The molecule has 3 N–H and O–H groups in total. The molecule has 1 fully saturated rings. The summed E-state index contributed by atoms with van der Waals surface area (Å²) < 4.78 is 24.5. The van der Waals surface area contributed by atoms with Crippen LogP contribution in [0.25, 0.3) is 10.9 Å². The summed E-state index contributed by atoms with van der Waals surface area (Å²) in [5, 5.41) is 19.5. The molecule has 3 aromatic rings. The molecule has 0 saturated heterocycles. The van der Waals surface area contributed by atoms with Crippen LogP contribution >= 0.6 is 0 Å². The summed E-state index contributed by atoms with van der Waals surface area (Å²) in [6.45, 7) is 1.78. The number of aryl methyl sites for hydroxylation is 1. The zero-order valence-corrected chi connectivity index (χ0v) is 20.0. The number of sulfone groups is 1. The van der Waals surface area contributed by atoms with Crippen molar-refractivity contribution in [2.24, 2.45) is 0 Å². The van der Waals surface area contributed by atoms with Crippen LogP contribution in [0.2, 0.25) is 0 Å². The van der Waals surface area contributed by atoms with Gasteiger partial charge < -0.3 is 9.67 Å². The number of carbonyl (C=O) groups excluding carboxylic acids is 1. The van der Waals surface area contributed by atoms with E-state index in [2.05, 4.69) is 11.8 Å². The van der Waals surface area contributed by atoms with Gasteiger partial charge in [-0.05, 0) is 68.1 Å². The van der Waals surface area contributed by atoms with E-state index in [1.165, 1.54) is 12.4 Å². The van der Waals surface area contributed by atoms with Crippen LogP contribution in [-0.4, -0.2) is 46.8 Å². The van der Waals surface area contributed by atoms with E-state index in [1.807, 2.05) is 59.3 Å². The Bertz CT molecular complexity index is 1390. The molecule has 1 aliphatic rings. The maximum atomic E-state index is 12.2. The highest BCUT2D eigenvalue weighted by Crippen LogP contribution is 2.47. The van der Waals surface area contributed by atoms with Gasteiger partial charge in [-0.15, -0.1) is 0 Å². The molecule has 8 heteroatoms. The highest BCUT2D eigenvalue weighted by atomic mass is 32.2. The van der Waals surface area contributed by atoms with Crippen molar-refractivity contribution in [1.29, 1.82) is 0 Å². The Balaban J connectivity index is 1.50. The molecular formula is C26H28N2O5S. The molecule has 0 bridgehead atoms.